The quantitative estimate of drug-likeness (QED) is 0.930. The summed E-state index contributed by atoms with van der Waals surface area (Å²) < 4.78 is 0. The van der Waals surface area contributed by atoms with Gasteiger partial charge in [0.05, 0.1) is 0 Å². The molecular weight excluding hydrogens is 278 g/mol. The molecule has 3 nitrogen and oxygen atoms in total. The highest BCUT2D eigenvalue weighted by atomic mass is 32.2. The summed E-state index contributed by atoms with van der Waals surface area (Å²) in [4.78, 5) is 7.24. The van der Waals surface area contributed by atoms with Gasteiger partial charge in [-0.15, -0.1) is 0 Å². The maximum absolute atomic E-state index is 4.70. The number of rotatable bonds is 3. The summed E-state index contributed by atoms with van der Waals surface area (Å²) in [5.74, 6) is 1.17. The molecule has 2 aliphatic heterocycles. The Morgan fingerprint density at radius 2 is 2.14 bits per heavy atom. The van der Waals surface area contributed by atoms with E-state index < -0.39 is 0 Å². The molecule has 1 N–H and O–H groups in total. The van der Waals surface area contributed by atoms with Gasteiger partial charge in [0.25, 0.3) is 0 Å². The van der Waals surface area contributed by atoms with Crippen LogP contribution in [-0.4, -0.2) is 41.5 Å². The van der Waals surface area contributed by atoms with E-state index in [9.17, 15) is 0 Å². The molecule has 2 aliphatic rings. The van der Waals surface area contributed by atoms with Crippen molar-refractivity contribution in [2.75, 3.05) is 25.4 Å². The molecule has 0 aliphatic carbocycles. The average molecular weight is 303 g/mol. The Morgan fingerprint density at radius 1 is 1.33 bits per heavy atom. The number of hydrogen-bond donors (Lipinski definition) is 1. The molecule has 0 spiro atoms. The summed E-state index contributed by atoms with van der Waals surface area (Å²) in [7, 11) is 0. The van der Waals surface area contributed by atoms with Gasteiger partial charge in [-0.1, -0.05) is 55.9 Å². The Hall–Kier alpha value is -1.00. The number of thioether (sulfide) groups is 1. The van der Waals surface area contributed by atoms with Crippen LogP contribution in [0.1, 0.15) is 25.8 Å². The lowest BCUT2D eigenvalue weighted by molar-refractivity contribution is 0.324. The molecule has 1 aromatic carbocycles. The number of nitrogens with one attached hydrogen (secondary N) is 1. The first-order valence-corrected chi connectivity index (χ1v) is 8.79. The van der Waals surface area contributed by atoms with Crippen LogP contribution in [0.25, 0.3) is 0 Å². The molecular formula is C17H25N3S. The van der Waals surface area contributed by atoms with Crippen LogP contribution in [0.3, 0.4) is 0 Å². The van der Waals surface area contributed by atoms with Crippen molar-refractivity contribution in [1.29, 1.82) is 0 Å². The monoisotopic (exact) mass is 303 g/mol. The second-order valence-corrected chi connectivity index (χ2v) is 7.89. The number of amidine groups is 1. The summed E-state index contributed by atoms with van der Waals surface area (Å²) in [6.07, 6.45) is 1.22. The van der Waals surface area contributed by atoms with E-state index in [0.29, 0.717) is 11.5 Å². The molecule has 1 saturated heterocycles. The molecule has 0 aromatic heterocycles. The van der Waals surface area contributed by atoms with Gasteiger partial charge in [-0.2, -0.15) is 0 Å². The smallest absolute Gasteiger partial charge is 0.156 e. The summed E-state index contributed by atoms with van der Waals surface area (Å²) in [5, 5.41) is 4.80. The van der Waals surface area contributed by atoms with Crippen molar-refractivity contribution >= 4 is 16.9 Å². The SMILES string of the molecule is CC1(C)CN=C(NC2CCN(Cc3ccccc3)C2)SC1. The van der Waals surface area contributed by atoms with Gasteiger partial charge in [-0.3, -0.25) is 9.89 Å². The number of likely N-dealkylation sites (tertiary alicyclic amines) is 1. The first kappa shape index (κ1) is 14.9. The van der Waals surface area contributed by atoms with E-state index in [1.54, 1.807) is 0 Å². The highest BCUT2D eigenvalue weighted by Crippen LogP contribution is 2.27. The molecule has 1 unspecified atom stereocenters. The van der Waals surface area contributed by atoms with E-state index in [1.807, 2.05) is 11.8 Å². The van der Waals surface area contributed by atoms with E-state index in [0.717, 1.165) is 24.8 Å². The Bertz CT molecular complexity index is 498. The lowest BCUT2D eigenvalue weighted by Gasteiger charge is -2.28. The van der Waals surface area contributed by atoms with Gasteiger partial charge in [0.1, 0.15) is 0 Å². The molecule has 0 saturated carbocycles. The zero-order chi connectivity index (χ0) is 14.7. The van der Waals surface area contributed by atoms with Crippen LogP contribution in [0.2, 0.25) is 0 Å². The van der Waals surface area contributed by atoms with Gasteiger partial charge in [-0.05, 0) is 17.4 Å². The van der Waals surface area contributed by atoms with Crippen LogP contribution in [0, 0.1) is 5.41 Å². The Balaban J connectivity index is 1.48. The van der Waals surface area contributed by atoms with Crippen molar-refractivity contribution in [2.45, 2.75) is 32.9 Å². The molecule has 21 heavy (non-hydrogen) atoms. The van der Waals surface area contributed by atoms with Crippen molar-refractivity contribution in [3.05, 3.63) is 35.9 Å². The lowest BCUT2D eigenvalue weighted by atomic mass is 9.97. The zero-order valence-corrected chi connectivity index (χ0v) is 13.8. The van der Waals surface area contributed by atoms with Gasteiger partial charge in [-0.25, -0.2) is 0 Å². The second-order valence-electron chi connectivity index (χ2n) is 6.92. The molecule has 1 fully saturated rings. The van der Waals surface area contributed by atoms with Crippen LogP contribution < -0.4 is 5.32 Å². The summed E-state index contributed by atoms with van der Waals surface area (Å²) in [6.45, 7) is 8.89. The summed E-state index contributed by atoms with van der Waals surface area (Å²) in [6, 6.07) is 11.3. The summed E-state index contributed by atoms with van der Waals surface area (Å²) in [5.41, 5.74) is 1.76. The fourth-order valence-corrected chi connectivity index (χ4v) is 3.86. The van der Waals surface area contributed by atoms with E-state index in [-0.39, 0.29) is 0 Å². The van der Waals surface area contributed by atoms with Gasteiger partial charge < -0.3 is 5.32 Å². The van der Waals surface area contributed by atoms with Crippen LogP contribution in [0.15, 0.2) is 35.3 Å². The fourth-order valence-electron chi connectivity index (χ4n) is 2.84. The van der Waals surface area contributed by atoms with Crippen LogP contribution in [0.4, 0.5) is 0 Å². The zero-order valence-electron chi connectivity index (χ0n) is 13.0. The van der Waals surface area contributed by atoms with E-state index in [4.69, 9.17) is 4.99 Å². The molecule has 114 valence electrons. The maximum atomic E-state index is 4.70. The number of hydrogen-bond acceptors (Lipinski definition) is 4. The first-order valence-electron chi connectivity index (χ1n) is 7.81. The van der Waals surface area contributed by atoms with Crippen molar-refractivity contribution < 1.29 is 0 Å². The summed E-state index contributed by atoms with van der Waals surface area (Å²) >= 11 is 1.88. The predicted octanol–water partition coefficient (Wildman–Crippen LogP) is 2.98. The largest absolute Gasteiger partial charge is 0.361 e. The van der Waals surface area contributed by atoms with Gasteiger partial charge in [0, 0.05) is 38.0 Å². The first-order chi connectivity index (χ1) is 10.1. The van der Waals surface area contributed by atoms with Crippen LogP contribution >= 0.6 is 11.8 Å². The van der Waals surface area contributed by atoms with Crippen molar-refractivity contribution in [2.24, 2.45) is 10.4 Å². The standard InChI is InChI=1S/C17H25N3S/c1-17(2)12-18-16(21-13-17)19-15-8-9-20(11-15)10-14-6-4-3-5-7-14/h3-7,15H,8-13H2,1-2H3,(H,18,19). The van der Waals surface area contributed by atoms with E-state index in [1.165, 1.54) is 24.3 Å². The minimum atomic E-state index is 0.352. The van der Waals surface area contributed by atoms with E-state index >= 15 is 0 Å². The van der Waals surface area contributed by atoms with Crippen molar-refractivity contribution in [3.63, 3.8) is 0 Å². The third kappa shape index (κ3) is 4.24. The minimum Gasteiger partial charge on any atom is -0.361 e. The van der Waals surface area contributed by atoms with Crippen molar-refractivity contribution in [1.82, 2.24) is 10.2 Å². The highest BCUT2D eigenvalue weighted by molar-refractivity contribution is 8.13. The number of aliphatic imine (C=N–C) groups is 1. The van der Waals surface area contributed by atoms with Gasteiger partial charge in [0.15, 0.2) is 5.17 Å². The van der Waals surface area contributed by atoms with Crippen LogP contribution in [-0.2, 0) is 6.54 Å². The molecule has 1 atom stereocenters. The Kier molecular flexibility index (Phi) is 4.55. The molecule has 2 heterocycles. The second kappa shape index (κ2) is 6.41. The molecule has 4 heteroatoms. The van der Waals surface area contributed by atoms with Gasteiger partial charge >= 0.3 is 0 Å². The molecule has 0 amide bonds. The lowest BCUT2D eigenvalue weighted by Crippen LogP contribution is -2.39. The maximum Gasteiger partial charge on any atom is 0.156 e. The highest BCUT2D eigenvalue weighted by Gasteiger charge is 2.27. The normalized spacial score (nSPS) is 25.6. The Morgan fingerprint density at radius 3 is 2.86 bits per heavy atom. The van der Waals surface area contributed by atoms with Crippen LogP contribution in [0.5, 0.6) is 0 Å². The third-order valence-electron chi connectivity index (χ3n) is 4.10. The third-order valence-corrected chi connectivity index (χ3v) is 5.55. The van der Waals surface area contributed by atoms with Gasteiger partial charge in [0.2, 0.25) is 0 Å². The number of nitrogens with zero attached hydrogens (tertiary/aromatic N) is 2. The Labute approximate surface area is 132 Å². The average Bonchev–Trinajstić information content (AvgIpc) is 2.90. The van der Waals surface area contributed by atoms with Crippen molar-refractivity contribution in [3.8, 4) is 0 Å². The minimum absolute atomic E-state index is 0.352. The predicted molar refractivity (Wildman–Crippen MR) is 91.8 cm³/mol. The molecule has 0 bridgehead atoms. The topological polar surface area (TPSA) is 27.6 Å². The molecule has 1 aromatic rings. The fraction of sp³-hybridized carbons (Fsp3) is 0.588. The molecule has 0 radical (unpaired) electrons. The van der Waals surface area contributed by atoms with E-state index in [2.05, 4.69) is 54.4 Å². The molecule has 3 rings (SSSR count). The number of benzene rings is 1.